The third-order valence-corrected chi connectivity index (χ3v) is 3.90. The van der Waals surface area contributed by atoms with Gasteiger partial charge in [0, 0.05) is 19.7 Å². The van der Waals surface area contributed by atoms with Crippen LogP contribution in [0, 0.1) is 5.41 Å². The zero-order valence-electron chi connectivity index (χ0n) is 11.8. The number of benzene rings is 1. The number of hydrogen-bond donors (Lipinski definition) is 1. The average Bonchev–Trinajstić information content (AvgIpc) is 2.69. The molecule has 2 rings (SSSR count). The van der Waals surface area contributed by atoms with Crippen molar-refractivity contribution < 1.29 is 4.74 Å². The van der Waals surface area contributed by atoms with Gasteiger partial charge in [-0.3, -0.25) is 0 Å². The lowest BCUT2D eigenvalue weighted by molar-refractivity contribution is 0.185. The minimum atomic E-state index is 0.528. The van der Waals surface area contributed by atoms with E-state index in [9.17, 15) is 0 Å². The molecule has 1 N–H and O–H groups in total. The summed E-state index contributed by atoms with van der Waals surface area (Å²) >= 11 is 0. The normalized spacial score (nSPS) is 22.3. The van der Waals surface area contributed by atoms with Crippen LogP contribution in [-0.4, -0.2) is 13.2 Å². The molecule has 1 aromatic carbocycles. The quantitative estimate of drug-likeness (QED) is 0.860. The van der Waals surface area contributed by atoms with E-state index in [1.807, 2.05) is 0 Å². The smallest absolute Gasteiger partial charge is 0.0713 e. The van der Waals surface area contributed by atoms with Crippen LogP contribution in [0.25, 0.3) is 0 Å². The minimum Gasteiger partial charge on any atom is -0.380 e. The van der Waals surface area contributed by atoms with Crippen molar-refractivity contribution in [1.82, 2.24) is 5.32 Å². The molecule has 2 nitrogen and oxygen atoms in total. The number of nitrogens with one attached hydrogen (secondary N) is 1. The molecular formula is C16H25NO. The third-order valence-electron chi connectivity index (χ3n) is 3.90. The van der Waals surface area contributed by atoms with E-state index < -0.39 is 0 Å². The van der Waals surface area contributed by atoms with Gasteiger partial charge in [0.05, 0.1) is 6.61 Å². The number of rotatable bonds is 5. The molecule has 0 bridgehead atoms. The summed E-state index contributed by atoms with van der Waals surface area (Å²) in [6, 6.07) is 9.39. The van der Waals surface area contributed by atoms with Crippen molar-refractivity contribution in [2.45, 2.75) is 52.3 Å². The molecule has 1 aliphatic rings. The molecule has 0 amide bonds. The molecule has 1 aromatic rings. The van der Waals surface area contributed by atoms with Gasteiger partial charge >= 0.3 is 0 Å². The maximum absolute atomic E-state index is 5.12. The van der Waals surface area contributed by atoms with Gasteiger partial charge in [-0.1, -0.05) is 38.1 Å². The molecule has 2 heteroatoms. The Hall–Kier alpha value is -0.860. The van der Waals surface area contributed by atoms with Gasteiger partial charge in [-0.15, -0.1) is 0 Å². The van der Waals surface area contributed by atoms with Crippen LogP contribution in [0.3, 0.4) is 0 Å². The van der Waals surface area contributed by atoms with Crippen LogP contribution in [0.4, 0.5) is 0 Å². The zero-order chi connectivity index (χ0) is 13.0. The standard InChI is InChI=1S/C16H25NO/c1-16(2)9-8-15(10-16)17-11-13-4-6-14(7-5-13)12-18-3/h4-7,15,17H,8-12H2,1-3H3. The number of ether oxygens (including phenoxy) is 1. The molecule has 1 atom stereocenters. The molecule has 0 heterocycles. The maximum atomic E-state index is 5.12. The van der Waals surface area contributed by atoms with Crippen molar-refractivity contribution in [2.24, 2.45) is 5.41 Å². The summed E-state index contributed by atoms with van der Waals surface area (Å²) in [7, 11) is 1.73. The van der Waals surface area contributed by atoms with E-state index in [1.165, 1.54) is 30.4 Å². The molecule has 1 unspecified atom stereocenters. The highest BCUT2D eigenvalue weighted by Crippen LogP contribution is 2.36. The summed E-state index contributed by atoms with van der Waals surface area (Å²) in [5.74, 6) is 0. The van der Waals surface area contributed by atoms with Gasteiger partial charge in [-0.2, -0.15) is 0 Å². The summed E-state index contributed by atoms with van der Waals surface area (Å²) in [4.78, 5) is 0. The van der Waals surface area contributed by atoms with E-state index in [4.69, 9.17) is 4.74 Å². The Morgan fingerprint density at radius 1 is 1.22 bits per heavy atom. The van der Waals surface area contributed by atoms with E-state index in [0.717, 1.165) is 6.54 Å². The summed E-state index contributed by atoms with van der Waals surface area (Å²) in [6.07, 6.45) is 3.96. The van der Waals surface area contributed by atoms with Gasteiger partial charge in [0.2, 0.25) is 0 Å². The second kappa shape index (κ2) is 5.85. The SMILES string of the molecule is COCc1ccc(CNC2CCC(C)(C)C2)cc1. The summed E-state index contributed by atoms with van der Waals surface area (Å²) < 4.78 is 5.12. The van der Waals surface area contributed by atoms with Gasteiger partial charge in [0.1, 0.15) is 0 Å². The first-order valence-corrected chi connectivity index (χ1v) is 6.89. The Bertz CT molecular complexity index is 369. The third kappa shape index (κ3) is 3.82. The van der Waals surface area contributed by atoms with Crippen LogP contribution in [-0.2, 0) is 17.9 Å². The topological polar surface area (TPSA) is 21.3 Å². The van der Waals surface area contributed by atoms with Crippen LogP contribution in [0.5, 0.6) is 0 Å². The summed E-state index contributed by atoms with van der Waals surface area (Å²) in [6.45, 7) is 6.42. The van der Waals surface area contributed by atoms with Crippen LogP contribution in [0.2, 0.25) is 0 Å². The second-order valence-corrected chi connectivity index (χ2v) is 6.23. The molecular weight excluding hydrogens is 222 g/mol. The fourth-order valence-corrected chi connectivity index (χ4v) is 2.79. The molecule has 18 heavy (non-hydrogen) atoms. The van der Waals surface area contributed by atoms with Crippen LogP contribution in [0.15, 0.2) is 24.3 Å². The fourth-order valence-electron chi connectivity index (χ4n) is 2.79. The van der Waals surface area contributed by atoms with Crippen molar-refractivity contribution in [3.05, 3.63) is 35.4 Å². The average molecular weight is 247 g/mol. The van der Waals surface area contributed by atoms with Gasteiger partial charge < -0.3 is 10.1 Å². The Kier molecular flexibility index (Phi) is 4.41. The first-order valence-electron chi connectivity index (χ1n) is 6.89. The maximum Gasteiger partial charge on any atom is 0.0713 e. The largest absolute Gasteiger partial charge is 0.380 e. The first kappa shape index (κ1) is 13.6. The van der Waals surface area contributed by atoms with Crippen molar-refractivity contribution in [1.29, 1.82) is 0 Å². The lowest BCUT2D eigenvalue weighted by Crippen LogP contribution is -2.26. The van der Waals surface area contributed by atoms with Gasteiger partial charge in [0.25, 0.3) is 0 Å². The Morgan fingerprint density at radius 2 is 1.89 bits per heavy atom. The monoisotopic (exact) mass is 247 g/mol. The highest BCUT2D eigenvalue weighted by Gasteiger charge is 2.30. The van der Waals surface area contributed by atoms with Crippen LogP contribution in [0.1, 0.15) is 44.2 Å². The predicted molar refractivity (Wildman–Crippen MR) is 75.4 cm³/mol. The highest BCUT2D eigenvalue weighted by molar-refractivity contribution is 5.22. The first-order chi connectivity index (χ1) is 8.59. The van der Waals surface area contributed by atoms with E-state index in [0.29, 0.717) is 18.1 Å². The Balaban J connectivity index is 1.80. The van der Waals surface area contributed by atoms with Crippen molar-refractivity contribution in [3.63, 3.8) is 0 Å². The van der Waals surface area contributed by atoms with E-state index >= 15 is 0 Å². The molecule has 0 saturated heterocycles. The van der Waals surface area contributed by atoms with E-state index in [-0.39, 0.29) is 0 Å². The number of methoxy groups -OCH3 is 1. The molecule has 1 fully saturated rings. The summed E-state index contributed by atoms with van der Waals surface area (Å²) in [5, 5.41) is 3.67. The zero-order valence-corrected chi connectivity index (χ0v) is 11.8. The van der Waals surface area contributed by atoms with Crippen molar-refractivity contribution in [3.8, 4) is 0 Å². The minimum absolute atomic E-state index is 0.528. The molecule has 0 radical (unpaired) electrons. The lowest BCUT2D eigenvalue weighted by atomic mass is 9.92. The van der Waals surface area contributed by atoms with E-state index in [2.05, 4.69) is 43.4 Å². The number of hydrogen-bond acceptors (Lipinski definition) is 2. The van der Waals surface area contributed by atoms with Crippen molar-refractivity contribution >= 4 is 0 Å². The molecule has 0 aliphatic heterocycles. The second-order valence-electron chi connectivity index (χ2n) is 6.23. The summed E-state index contributed by atoms with van der Waals surface area (Å²) in [5.41, 5.74) is 3.13. The van der Waals surface area contributed by atoms with Gasteiger partial charge in [-0.25, -0.2) is 0 Å². The van der Waals surface area contributed by atoms with Crippen molar-refractivity contribution in [2.75, 3.05) is 7.11 Å². The predicted octanol–water partition coefficient (Wildman–Crippen LogP) is 3.50. The molecule has 0 spiro atoms. The fraction of sp³-hybridized carbons (Fsp3) is 0.625. The molecule has 1 aliphatic carbocycles. The molecule has 1 saturated carbocycles. The lowest BCUT2D eigenvalue weighted by Gasteiger charge is -2.18. The highest BCUT2D eigenvalue weighted by atomic mass is 16.5. The molecule has 100 valence electrons. The van der Waals surface area contributed by atoms with Crippen LogP contribution >= 0.6 is 0 Å². The van der Waals surface area contributed by atoms with Gasteiger partial charge in [-0.05, 0) is 35.8 Å². The van der Waals surface area contributed by atoms with Gasteiger partial charge in [0.15, 0.2) is 0 Å². The van der Waals surface area contributed by atoms with E-state index in [1.54, 1.807) is 7.11 Å². The molecule has 0 aromatic heterocycles. The Morgan fingerprint density at radius 3 is 2.44 bits per heavy atom. The van der Waals surface area contributed by atoms with Crippen LogP contribution < -0.4 is 5.32 Å². The Labute approximate surface area is 111 Å².